The van der Waals surface area contributed by atoms with Crippen molar-refractivity contribution in [3.63, 3.8) is 0 Å². The molecule has 0 aliphatic carbocycles. The van der Waals surface area contributed by atoms with Crippen molar-refractivity contribution in [3.05, 3.63) is 70.2 Å². The van der Waals surface area contributed by atoms with E-state index in [2.05, 4.69) is 10.1 Å². The quantitative estimate of drug-likeness (QED) is 0.224. The summed E-state index contributed by atoms with van der Waals surface area (Å²) in [5.41, 5.74) is -4.92. The lowest BCUT2D eigenvalue weighted by Crippen LogP contribution is -2.11. The Morgan fingerprint density at radius 1 is 0.897 bits per heavy atom. The van der Waals surface area contributed by atoms with Gasteiger partial charge in [0, 0.05) is 22.2 Å². The van der Waals surface area contributed by atoms with Gasteiger partial charge in [0.05, 0.1) is 34.9 Å². The highest BCUT2D eigenvalue weighted by atomic mass is 19.4. The van der Waals surface area contributed by atoms with Gasteiger partial charge in [0.15, 0.2) is 5.82 Å². The van der Waals surface area contributed by atoms with E-state index in [4.69, 9.17) is 4.52 Å². The van der Waals surface area contributed by atoms with Crippen molar-refractivity contribution in [1.82, 2.24) is 14.7 Å². The van der Waals surface area contributed by atoms with E-state index in [9.17, 15) is 44.8 Å². The molecule has 14 heteroatoms. The van der Waals surface area contributed by atoms with Gasteiger partial charge in [-0.25, -0.2) is 0 Å². The van der Waals surface area contributed by atoms with Gasteiger partial charge in [-0.05, 0) is 49.2 Å². The number of benzene rings is 2. The second-order valence-corrected chi connectivity index (χ2v) is 8.67. The minimum Gasteiger partial charge on any atom is -0.337 e. The molecular weight excluding hydrogens is 543 g/mol. The molecular formula is C25H17F9N4O. The Morgan fingerprint density at radius 3 is 2.08 bits per heavy atom. The molecule has 5 nitrogen and oxygen atoms in total. The third-order valence-electron chi connectivity index (χ3n) is 5.96. The maximum absolute atomic E-state index is 13.8. The molecule has 0 aliphatic heterocycles. The summed E-state index contributed by atoms with van der Waals surface area (Å²) in [4.78, 5) is 3.93. The molecule has 0 saturated heterocycles. The van der Waals surface area contributed by atoms with Crippen LogP contribution in [-0.4, -0.2) is 14.7 Å². The van der Waals surface area contributed by atoms with E-state index >= 15 is 0 Å². The van der Waals surface area contributed by atoms with E-state index in [0.29, 0.717) is 37.1 Å². The van der Waals surface area contributed by atoms with Gasteiger partial charge in [0.25, 0.3) is 5.89 Å². The highest BCUT2D eigenvalue weighted by Crippen LogP contribution is 2.40. The van der Waals surface area contributed by atoms with E-state index in [1.807, 2.05) is 6.92 Å². The number of aromatic nitrogens is 3. The van der Waals surface area contributed by atoms with Crippen LogP contribution in [0.3, 0.4) is 0 Å². The van der Waals surface area contributed by atoms with E-state index in [0.717, 1.165) is 6.07 Å². The first-order valence-corrected chi connectivity index (χ1v) is 11.4. The van der Waals surface area contributed by atoms with Gasteiger partial charge < -0.3 is 9.09 Å². The van der Waals surface area contributed by atoms with Crippen molar-refractivity contribution < 1.29 is 44.0 Å². The van der Waals surface area contributed by atoms with Gasteiger partial charge in [-0.1, -0.05) is 18.5 Å². The van der Waals surface area contributed by atoms with E-state index in [-0.39, 0.29) is 29.3 Å². The first kappa shape index (κ1) is 28.0. The van der Waals surface area contributed by atoms with Crippen molar-refractivity contribution in [1.29, 1.82) is 5.26 Å². The number of hydrogen-bond donors (Lipinski definition) is 0. The number of unbranched alkanes of at least 4 members (excludes halogenated alkanes) is 1. The molecule has 4 aromatic rings. The van der Waals surface area contributed by atoms with Crippen LogP contribution in [0.2, 0.25) is 0 Å². The largest absolute Gasteiger partial charge is 0.418 e. The zero-order valence-corrected chi connectivity index (χ0v) is 19.9. The van der Waals surface area contributed by atoms with Gasteiger partial charge in [0.2, 0.25) is 0 Å². The van der Waals surface area contributed by atoms with Crippen LogP contribution in [0, 0.1) is 11.3 Å². The van der Waals surface area contributed by atoms with E-state index < -0.39 is 52.2 Å². The van der Waals surface area contributed by atoms with Crippen LogP contribution in [0.5, 0.6) is 0 Å². The fourth-order valence-electron chi connectivity index (χ4n) is 4.19. The van der Waals surface area contributed by atoms with Crippen LogP contribution in [0.1, 0.15) is 53.5 Å². The fourth-order valence-corrected chi connectivity index (χ4v) is 4.19. The zero-order chi connectivity index (χ0) is 28.8. The SMILES string of the molecule is CCCCc1cc2c(C(F)(F)F)c(C#N)ccc2n1Cc1noc(-c2cc(C(F)(F)F)cc(C(F)(F)F)c2)n1. The summed E-state index contributed by atoms with van der Waals surface area (Å²) in [5, 5.41) is 12.6. The number of rotatable bonds is 6. The first-order chi connectivity index (χ1) is 18.1. The number of nitrogens with zero attached hydrogens (tertiary/aromatic N) is 4. The molecule has 0 saturated carbocycles. The van der Waals surface area contributed by atoms with Gasteiger partial charge in [0.1, 0.15) is 0 Å². The monoisotopic (exact) mass is 560 g/mol. The molecule has 2 aromatic carbocycles. The van der Waals surface area contributed by atoms with Crippen molar-refractivity contribution in [2.75, 3.05) is 0 Å². The van der Waals surface area contributed by atoms with E-state index in [1.54, 1.807) is 0 Å². The van der Waals surface area contributed by atoms with Gasteiger partial charge in [-0.2, -0.15) is 49.8 Å². The summed E-state index contributed by atoms with van der Waals surface area (Å²) in [5.74, 6) is -0.819. The highest BCUT2D eigenvalue weighted by Gasteiger charge is 2.38. The fraction of sp³-hybridized carbons (Fsp3) is 0.320. The second kappa shape index (κ2) is 9.94. The molecule has 39 heavy (non-hydrogen) atoms. The highest BCUT2D eigenvalue weighted by molar-refractivity contribution is 5.87. The van der Waals surface area contributed by atoms with Gasteiger partial charge in [-0.15, -0.1) is 0 Å². The molecule has 2 aromatic heterocycles. The van der Waals surface area contributed by atoms with Crippen LogP contribution in [-0.2, 0) is 31.5 Å². The number of hydrogen-bond acceptors (Lipinski definition) is 4. The predicted molar refractivity (Wildman–Crippen MR) is 119 cm³/mol. The molecule has 0 N–H and O–H groups in total. The van der Waals surface area contributed by atoms with Crippen LogP contribution in [0.15, 0.2) is 40.9 Å². The average molecular weight is 560 g/mol. The smallest absolute Gasteiger partial charge is 0.337 e. The molecule has 206 valence electrons. The summed E-state index contributed by atoms with van der Waals surface area (Å²) in [7, 11) is 0. The first-order valence-electron chi connectivity index (χ1n) is 11.4. The van der Waals surface area contributed by atoms with Crippen LogP contribution in [0.25, 0.3) is 22.4 Å². The van der Waals surface area contributed by atoms with Crippen molar-refractivity contribution >= 4 is 10.9 Å². The number of fused-ring (bicyclic) bond motifs is 1. The second-order valence-electron chi connectivity index (χ2n) is 8.67. The summed E-state index contributed by atoms with van der Waals surface area (Å²) in [6.45, 7) is 1.58. The van der Waals surface area contributed by atoms with Gasteiger partial charge >= 0.3 is 18.5 Å². The van der Waals surface area contributed by atoms with Crippen molar-refractivity contribution in [3.8, 4) is 17.5 Å². The third kappa shape index (κ3) is 5.71. The summed E-state index contributed by atoms with van der Waals surface area (Å²) in [6.07, 6.45) is -13.4. The number of nitriles is 1. The van der Waals surface area contributed by atoms with E-state index in [1.165, 1.54) is 22.8 Å². The Balaban J connectivity index is 1.81. The molecule has 0 fully saturated rings. The van der Waals surface area contributed by atoms with Crippen LogP contribution < -0.4 is 0 Å². The Morgan fingerprint density at radius 2 is 1.54 bits per heavy atom. The molecule has 0 bridgehead atoms. The standard InChI is InChI=1S/C25H17F9N4O/c1-2-3-4-17-10-18-19(6-5-13(11-35)21(18)25(32,33)34)38(17)12-20-36-22(39-37-20)14-7-15(23(26,27)28)9-16(8-14)24(29,30)31/h5-10H,2-4,12H2,1H3. The topological polar surface area (TPSA) is 67.6 Å². The Hall–Kier alpha value is -4.02. The molecule has 0 atom stereocenters. The van der Waals surface area contributed by atoms with Crippen LogP contribution in [0.4, 0.5) is 39.5 Å². The number of alkyl halides is 9. The predicted octanol–water partition coefficient (Wildman–Crippen LogP) is 8.01. The molecule has 2 heterocycles. The molecule has 0 unspecified atom stereocenters. The molecule has 0 radical (unpaired) electrons. The molecule has 4 rings (SSSR count). The Kier molecular flexibility index (Phi) is 7.14. The molecule has 0 aliphatic rings. The van der Waals surface area contributed by atoms with Crippen molar-refractivity contribution in [2.45, 2.75) is 51.3 Å². The molecule has 0 spiro atoms. The third-order valence-corrected chi connectivity index (χ3v) is 5.96. The lowest BCUT2D eigenvalue weighted by atomic mass is 10.0. The summed E-state index contributed by atoms with van der Waals surface area (Å²) in [6, 6.07) is 6.01. The number of aryl methyl sites for hydroxylation is 1. The lowest BCUT2D eigenvalue weighted by Gasteiger charge is -2.12. The van der Waals surface area contributed by atoms with Crippen LogP contribution >= 0.6 is 0 Å². The maximum Gasteiger partial charge on any atom is 0.418 e. The Bertz CT molecular complexity index is 1520. The maximum atomic E-state index is 13.8. The number of halogens is 9. The summed E-state index contributed by atoms with van der Waals surface area (Å²) >= 11 is 0. The van der Waals surface area contributed by atoms with Crippen molar-refractivity contribution in [2.24, 2.45) is 0 Å². The van der Waals surface area contributed by atoms with Gasteiger partial charge in [-0.3, -0.25) is 0 Å². The zero-order valence-electron chi connectivity index (χ0n) is 19.9. The normalized spacial score (nSPS) is 12.7. The minimum absolute atomic E-state index is 0.0412. The Labute approximate surface area is 214 Å². The lowest BCUT2D eigenvalue weighted by molar-refractivity contribution is -0.143. The average Bonchev–Trinajstić information content (AvgIpc) is 3.45. The minimum atomic E-state index is -5.09. The molecule has 0 amide bonds. The summed E-state index contributed by atoms with van der Waals surface area (Å²) < 4.78 is 127.